The molecule has 21 heavy (non-hydrogen) atoms. The van der Waals surface area contributed by atoms with Crippen molar-refractivity contribution in [3.05, 3.63) is 29.1 Å². The molecule has 0 spiro atoms. The zero-order chi connectivity index (χ0) is 15.4. The van der Waals surface area contributed by atoms with Crippen LogP contribution in [0.2, 0.25) is 0 Å². The van der Waals surface area contributed by atoms with Crippen molar-refractivity contribution in [2.45, 2.75) is 32.6 Å². The van der Waals surface area contributed by atoms with Crippen LogP contribution in [-0.4, -0.2) is 37.0 Å². The number of nitrogen functional groups attached to an aromatic ring is 1. The van der Waals surface area contributed by atoms with E-state index in [-0.39, 0.29) is 17.4 Å². The number of halogens is 1. The van der Waals surface area contributed by atoms with E-state index in [1.807, 2.05) is 18.7 Å². The Hall–Kier alpha value is -1.62. The maximum atomic E-state index is 13.7. The molecule has 0 atom stereocenters. The number of rotatable bonds is 4. The van der Waals surface area contributed by atoms with E-state index in [1.165, 1.54) is 0 Å². The van der Waals surface area contributed by atoms with E-state index in [0.717, 1.165) is 43.6 Å². The fourth-order valence-electron chi connectivity index (χ4n) is 2.94. The van der Waals surface area contributed by atoms with Gasteiger partial charge in [-0.25, -0.2) is 4.39 Å². The van der Waals surface area contributed by atoms with Crippen molar-refractivity contribution < 1.29 is 9.18 Å². The lowest BCUT2D eigenvalue weighted by molar-refractivity contribution is -0.131. The van der Waals surface area contributed by atoms with Gasteiger partial charge in [0.1, 0.15) is 5.82 Å². The lowest BCUT2D eigenvalue weighted by Gasteiger charge is -2.33. The normalized spacial score (nSPS) is 16.2. The minimum absolute atomic E-state index is 0.149. The van der Waals surface area contributed by atoms with E-state index < -0.39 is 0 Å². The predicted molar refractivity (Wildman–Crippen MR) is 82.6 cm³/mol. The Morgan fingerprint density at radius 1 is 1.43 bits per heavy atom. The number of aryl methyl sites for hydroxylation is 1. The number of hydrogen-bond donors (Lipinski definition) is 2. The van der Waals surface area contributed by atoms with E-state index in [1.54, 1.807) is 12.1 Å². The smallest absolute Gasteiger partial charge is 0.236 e. The van der Waals surface area contributed by atoms with Crippen LogP contribution in [0, 0.1) is 12.7 Å². The quantitative estimate of drug-likeness (QED) is 0.835. The number of nitrogens with one attached hydrogen (secondary N) is 1. The number of nitrogens with two attached hydrogens (primary N) is 1. The summed E-state index contributed by atoms with van der Waals surface area (Å²) in [6.45, 7) is 6.62. The van der Waals surface area contributed by atoms with Gasteiger partial charge in [0.2, 0.25) is 5.91 Å². The Balaban J connectivity index is 1.98. The van der Waals surface area contributed by atoms with Crippen molar-refractivity contribution in [1.82, 2.24) is 10.2 Å². The highest BCUT2D eigenvalue weighted by atomic mass is 19.1. The third-order valence-electron chi connectivity index (χ3n) is 4.20. The van der Waals surface area contributed by atoms with Crippen molar-refractivity contribution >= 4 is 11.6 Å². The molecule has 5 heteroatoms. The molecule has 0 aromatic heterocycles. The molecular formula is C16H24FN3O. The molecule has 0 radical (unpaired) electrons. The Labute approximate surface area is 125 Å². The third-order valence-corrected chi connectivity index (χ3v) is 4.20. The summed E-state index contributed by atoms with van der Waals surface area (Å²) in [6, 6.07) is 3.26. The highest BCUT2D eigenvalue weighted by Gasteiger charge is 2.25. The molecule has 0 aliphatic carbocycles. The van der Waals surface area contributed by atoms with Crippen LogP contribution in [0.5, 0.6) is 0 Å². The first-order chi connectivity index (χ1) is 10.0. The highest BCUT2D eigenvalue weighted by molar-refractivity contribution is 5.78. The summed E-state index contributed by atoms with van der Waals surface area (Å²) < 4.78 is 13.7. The Kier molecular flexibility index (Phi) is 5.17. The molecule has 1 saturated heterocycles. The van der Waals surface area contributed by atoms with Crippen LogP contribution in [-0.2, 0) is 4.79 Å². The van der Waals surface area contributed by atoms with Crippen molar-refractivity contribution in [3.8, 4) is 0 Å². The third kappa shape index (κ3) is 3.73. The van der Waals surface area contributed by atoms with Crippen LogP contribution in [0.15, 0.2) is 12.1 Å². The number of piperidine rings is 1. The van der Waals surface area contributed by atoms with Gasteiger partial charge in [0.15, 0.2) is 0 Å². The number of likely N-dealkylation sites (N-methyl/N-ethyl adjacent to an activating group) is 1. The van der Waals surface area contributed by atoms with Crippen LogP contribution >= 0.6 is 0 Å². The number of anilines is 1. The summed E-state index contributed by atoms with van der Waals surface area (Å²) in [4.78, 5) is 13.8. The minimum Gasteiger partial charge on any atom is -0.396 e. The van der Waals surface area contributed by atoms with E-state index >= 15 is 0 Å². The van der Waals surface area contributed by atoms with Gasteiger partial charge in [0.25, 0.3) is 0 Å². The summed E-state index contributed by atoms with van der Waals surface area (Å²) in [5.41, 5.74) is 7.86. The highest BCUT2D eigenvalue weighted by Crippen LogP contribution is 2.32. The SMILES string of the molecule is CCNCC(=O)N1CCC(c2cc(F)c(N)cc2C)CC1. The zero-order valence-electron chi connectivity index (χ0n) is 12.8. The lowest BCUT2D eigenvalue weighted by atomic mass is 9.86. The Morgan fingerprint density at radius 2 is 2.10 bits per heavy atom. The van der Waals surface area contributed by atoms with Crippen LogP contribution in [0.1, 0.15) is 36.8 Å². The molecule has 3 N–H and O–H groups in total. The standard InChI is InChI=1S/C16H24FN3O/c1-3-19-10-16(21)20-6-4-12(5-7-20)13-9-14(17)15(18)8-11(13)2/h8-9,12,19H,3-7,10,18H2,1-2H3. The van der Waals surface area contributed by atoms with Crippen LogP contribution < -0.4 is 11.1 Å². The molecule has 1 aliphatic heterocycles. The number of carbonyl (C=O) groups is 1. The van der Waals surface area contributed by atoms with Crippen LogP contribution in [0.25, 0.3) is 0 Å². The van der Waals surface area contributed by atoms with Gasteiger partial charge in [-0.1, -0.05) is 6.92 Å². The van der Waals surface area contributed by atoms with Gasteiger partial charge in [0.05, 0.1) is 12.2 Å². The van der Waals surface area contributed by atoms with E-state index in [9.17, 15) is 9.18 Å². The second-order valence-corrected chi connectivity index (χ2v) is 5.67. The zero-order valence-corrected chi connectivity index (χ0v) is 12.8. The summed E-state index contributed by atoms with van der Waals surface area (Å²) in [7, 11) is 0. The second-order valence-electron chi connectivity index (χ2n) is 5.67. The first-order valence-corrected chi connectivity index (χ1v) is 7.57. The van der Waals surface area contributed by atoms with Crippen molar-refractivity contribution in [1.29, 1.82) is 0 Å². The molecule has 1 heterocycles. The molecule has 2 rings (SSSR count). The van der Waals surface area contributed by atoms with Crippen molar-refractivity contribution in [2.24, 2.45) is 0 Å². The van der Waals surface area contributed by atoms with E-state index in [4.69, 9.17) is 5.73 Å². The molecule has 1 aromatic carbocycles. The molecule has 0 bridgehead atoms. The van der Waals surface area contributed by atoms with Gasteiger partial charge in [-0.15, -0.1) is 0 Å². The average molecular weight is 293 g/mol. The molecule has 0 unspecified atom stereocenters. The first kappa shape index (κ1) is 15.8. The Bertz CT molecular complexity index is 510. The second kappa shape index (κ2) is 6.89. The molecule has 116 valence electrons. The molecule has 1 fully saturated rings. The lowest BCUT2D eigenvalue weighted by Crippen LogP contribution is -2.42. The van der Waals surface area contributed by atoms with Crippen molar-refractivity contribution in [2.75, 3.05) is 31.9 Å². The Morgan fingerprint density at radius 3 is 2.71 bits per heavy atom. The number of hydrogen-bond acceptors (Lipinski definition) is 3. The summed E-state index contributed by atoms with van der Waals surface area (Å²) in [5.74, 6) is 0.111. The number of benzene rings is 1. The number of amides is 1. The van der Waals surface area contributed by atoms with Gasteiger partial charge in [-0.2, -0.15) is 0 Å². The van der Waals surface area contributed by atoms with Gasteiger partial charge in [-0.05, 0) is 55.5 Å². The molecule has 4 nitrogen and oxygen atoms in total. The van der Waals surface area contributed by atoms with Crippen LogP contribution in [0.3, 0.4) is 0 Å². The topological polar surface area (TPSA) is 58.4 Å². The molecule has 1 amide bonds. The maximum absolute atomic E-state index is 13.7. The molecule has 1 aliphatic rings. The minimum atomic E-state index is -0.346. The van der Waals surface area contributed by atoms with E-state index in [0.29, 0.717) is 12.5 Å². The predicted octanol–water partition coefficient (Wildman–Crippen LogP) is 2.03. The number of carbonyl (C=O) groups excluding carboxylic acids is 1. The molecule has 0 saturated carbocycles. The van der Waals surface area contributed by atoms with Gasteiger partial charge >= 0.3 is 0 Å². The van der Waals surface area contributed by atoms with Crippen LogP contribution in [0.4, 0.5) is 10.1 Å². The summed E-state index contributed by atoms with van der Waals surface area (Å²) in [6.07, 6.45) is 1.75. The average Bonchev–Trinajstić information content (AvgIpc) is 2.48. The fraction of sp³-hybridized carbons (Fsp3) is 0.562. The number of nitrogens with zero attached hydrogens (tertiary/aromatic N) is 1. The fourth-order valence-corrected chi connectivity index (χ4v) is 2.94. The molecular weight excluding hydrogens is 269 g/mol. The van der Waals surface area contributed by atoms with Gasteiger partial charge < -0.3 is 16.0 Å². The number of likely N-dealkylation sites (tertiary alicyclic amines) is 1. The van der Waals surface area contributed by atoms with Crippen molar-refractivity contribution in [3.63, 3.8) is 0 Å². The maximum Gasteiger partial charge on any atom is 0.236 e. The first-order valence-electron chi connectivity index (χ1n) is 7.57. The largest absolute Gasteiger partial charge is 0.396 e. The summed E-state index contributed by atoms with van der Waals surface area (Å²) >= 11 is 0. The van der Waals surface area contributed by atoms with E-state index in [2.05, 4.69) is 5.32 Å². The van der Waals surface area contributed by atoms with Gasteiger partial charge in [0, 0.05) is 13.1 Å². The summed E-state index contributed by atoms with van der Waals surface area (Å²) in [5, 5.41) is 3.06. The molecule has 1 aromatic rings. The monoisotopic (exact) mass is 293 g/mol. The van der Waals surface area contributed by atoms with Gasteiger partial charge in [-0.3, -0.25) is 4.79 Å².